The smallest absolute Gasteiger partial charge is 0.223 e. The number of carbonyl (C=O) groups excluding carboxylic acids is 1. The highest BCUT2D eigenvalue weighted by Crippen LogP contribution is 2.39. The number of nitriles is 1. The summed E-state index contributed by atoms with van der Waals surface area (Å²) in [6, 6.07) is 2.21. The summed E-state index contributed by atoms with van der Waals surface area (Å²) >= 11 is 0. The number of carbonyl (C=O) groups is 1. The highest BCUT2D eigenvalue weighted by atomic mass is 16.1. The van der Waals surface area contributed by atoms with Gasteiger partial charge in [-0.05, 0) is 50.9 Å². The van der Waals surface area contributed by atoms with Crippen molar-refractivity contribution in [3.05, 3.63) is 0 Å². The molecule has 0 atom stereocenters. The van der Waals surface area contributed by atoms with Crippen molar-refractivity contribution >= 4 is 5.91 Å². The SMILES string of the molecule is CC(C)(C#N)CNC(=O)C1CCC(C(C)(C)C)CC1. The molecule has 0 unspecified atom stereocenters. The van der Waals surface area contributed by atoms with Crippen LogP contribution in [0.1, 0.15) is 60.3 Å². The van der Waals surface area contributed by atoms with Crippen LogP contribution in [-0.2, 0) is 4.79 Å². The van der Waals surface area contributed by atoms with Gasteiger partial charge in [0.15, 0.2) is 0 Å². The summed E-state index contributed by atoms with van der Waals surface area (Å²) in [5.41, 5.74) is -0.123. The molecule has 1 amide bonds. The molecule has 1 N–H and O–H groups in total. The van der Waals surface area contributed by atoms with E-state index in [9.17, 15) is 4.79 Å². The Morgan fingerprint density at radius 2 is 1.68 bits per heavy atom. The van der Waals surface area contributed by atoms with Crippen molar-refractivity contribution < 1.29 is 4.79 Å². The molecule has 1 aliphatic rings. The third kappa shape index (κ3) is 4.86. The van der Waals surface area contributed by atoms with Crippen molar-refractivity contribution in [3.63, 3.8) is 0 Å². The zero-order valence-corrected chi connectivity index (χ0v) is 13.0. The molecule has 108 valence electrons. The summed E-state index contributed by atoms with van der Waals surface area (Å²) in [7, 11) is 0. The van der Waals surface area contributed by atoms with Gasteiger partial charge in [-0.25, -0.2) is 0 Å². The third-order valence-electron chi connectivity index (χ3n) is 4.33. The fourth-order valence-corrected chi connectivity index (χ4v) is 2.71. The summed E-state index contributed by atoms with van der Waals surface area (Å²) in [5, 5.41) is 11.9. The molecule has 1 rings (SSSR count). The van der Waals surface area contributed by atoms with Crippen LogP contribution in [0, 0.1) is 34.0 Å². The minimum Gasteiger partial charge on any atom is -0.354 e. The van der Waals surface area contributed by atoms with Crippen molar-refractivity contribution in [2.75, 3.05) is 6.54 Å². The first-order valence-corrected chi connectivity index (χ1v) is 7.35. The molecule has 0 saturated heterocycles. The van der Waals surface area contributed by atoms with Crippen molar-refractivity contribution in [2.24, 2.45) is 22.7 Å². The Hall–Kier alpha value is -1.04. The van der Waals surface area contributed by atoms with Crippen molar-refractivity contribution in [1.82, 2.24) is 5.32 Å². The fraction of sp³-hybridized carbons (Fsp3) is 0.875. The van der Waals surface area contributed by atoms with Crippen LogP contribution < -0.4 is 5.32 Å². The summed E-state index contributed by atoms with van der Waals surface area (Å²) in [4.78, 5) is 12.1. The van der Waals surface area contributed by atoms with Gasteiger partial charge in [-0.1, -0.05) is 20.8 Å². The molecule has 1 fully saturated rings. The molecule has 0 aromatic rings. The van der Waals surface area contributed by atoms with E-state index in [0.29, 0.717) is 12.0 Å². The standard InChI is InChI=1S/C16H28N2O/c1-15(2,3)13-8-6-12(7-9-13)14(19)18-11-16(4,5)10-17/h12-13H,6-9,11H2,1-5H3,(H,18,19). The van der Waals surface area contributed by atoms with Crippen LogP contribution in [0.4, 0.5) is 0 Å². The normalized spacial score (nSPS) is 24.6. The topological polar surface area (TPSA) is 52.9 Å². The maximum atomic E-state index is 12.1. The molecule has 1 aliphatic carbocycles. The third-order valence-corrected chi connectivity index (χ3v) is 4.33. The van der Waals surface area contributed by atoms with E-state index in [1.165, 1.54) is 0 Å². The Balaban J connectivity index is 2.40. The zero-order valence-electron chi connectivity index (χ0n) is 13.0. The van der Waals surface area contributed by atoms with E-state index < -0.39 is 5.41 Å². The second-order valence-electron chi connectivity index (χ2n) is 7.63. The Kier molecular flexibility index (Phi) is 5.01. The van der Waals surface area contributed by atoms with Crippen LogP contribution in [0.2, 0.25) is 0 Å². The van der Waals surface area contributed by atoms with E-state index >= 15 is 0 Å². The summed E-state index contributed by atoms with van der Waals surface area (Å²) < 4.78 is 0. The number of nitrogens with one attached hydrogen (secondary N) is 1. The number of amides is 1. The summed E-state index contributed by atoms with van der Waals surface area (Å²) in [5.74, 6) is 1.01. The van der Waals surface area contributed by atoms with Crippen molar-refractivity contribution in [3.8, 4) is 6.07 Å². The van der Waals surface area contributed by atoms with Crippen LogP contribution >= 0.6 is 0 Å². The molecule has 0 spiro atoms. The average Bonchev–Trinajstić information content (AvgIpc) is 2.35. The van der Waals surface area contributed by atoms with Crippen molar-refractivity contribution in [2.45, 2.75) is 60.3 Å². The van der Waals surface area contributed by atoms with Gasteiger partial charge in [-0.15, -0.1) is 0 Å². The van der Waals surface area contributed by atoms with Gasteiger partial charge in [-0.3, -0.25) is 4.79 Å². The van der Waals surface area contributed by atoms with Gasteiger partial charge >= 0.3 is 0 Å². The van der Waals surface area contributed by atoms with Crippen LogP contribution in [0.3, 0.4) is 0 Å². The van der Waals surface area contributed by atoms with E-state index in [1.807, 2.05) is 13.8 Å². The van der Waals surface area contributed by atoms with E-state index in [2.05, 4.69) is 32.2 Å². The first-order chi connectivity index (χ1) is 8.65. The lowest BCUT2D eigenvalue weighted by Crippen LogP contribution is -2.39. The number of hydrogen-bond acceptors (Lipinski definition) is 2. The van der Waals surface area contributed by atoms with Crippen LogP contribution in [0.15, 0.2) is 0 Å². The minimum atomic E-state index is -0.474. The quantitative estimate of drug-likeness (QED) is 0.848. The fourth-order valence-electron chi connectivity index (χ4n) is 2.71. The Morgan fingerprint density at radius 1 is 1.16 bits per heavy atom. The monoisotopic (exact) mass is 264 g/mol. The molecule has 3 nitrogen and oxygen atoms in total. The molecule has 0 aromatic carbocycles. The van der Waals surface area contributed by atoms with Gasteiger partial charge in [-0.2, -0.15) is 5.26 Å². The van der Waals surface area contributed by atoms with E-state index in [4.69, 9.17) is 5.26 Å². The highest BCUT2D eigenvalue weighted by Gasteiger charge is 2.32. The van der Waals surface area contributed by atoms with Gasteiger partial charge in [0.25, 0.3) is 0 Å². The van der Waals surface area contributed by atoms with Gasteiger partial charge in [0, 0.05) is 12.5 Å². The van der Waals surface area contributed by atoms with Crippen molar-refractivity contribution in [1.29, 1.82) is 5.26 Å². The summed E-state index contributed by atoms with van der Waals surface area (Å²) in [6.07, 6.45) is 4.26. The minimum absolute atomic E-state index is 0.135. The second kappa shape index (κ2) is 5.94. The molecule has 0 aliphatic heterocycles. The number of hydrogen-bond donors (Lipinski definition) is 1. The molecule has 0 bridgehead atoms. The first-order valence-electron chi connectivity index (χ1n) is 7.35. The second-order valence-corrected chi connectivity index (χ2v) is 7.63. The molecule has 0 radical (unpaired) electrons. The Morgan fingerprint density at radius 3 is 2.11 bits per heavy atom. The van der Waals surface area contributed by atoms with Gasteiger partial charge < -0.3 is 5.32 Å². The number of rotatable bonds is 3. The van der Waals surface area contributed by atoms with Gasteiger partial charge in [0.05, 0.1) is 11.5 Å². The lowest BCUT2D eigenvalue weighted by atomic mass is 9.69. The maximum Gasteiger partial charge on any atom is 0.223 e. The molecule has 0 heterocycles. The molecule has 19 heavy (non-hydrogen) atoms. The lowest BCUT2D eigenvalue weighted by Gasteiger charge is -2.36. The first kappa shape index (κ1) is 16.0. The average molecular weight is 264 g/mol. The van der Waals surface area contributed by atoms with Crippen LogP contribution in [0.5, 0.6) is 0 Å². The lowest BCUT2D eigenvalue weighted by molar-refractivity contribution is -0.126. The maximum absolute atomic E-state index is 12.1. The largest absolute Gasteiger partial charge is 0.354 e. The molecule has 0 aromatic heterocycles. The predicted molar refractivity (Wildman–Crippen MR) is 77.3 cm³/mol. The Labute approximate surface area is 117 Å². The van der Waals surface area contributed by atoms with Gasteiger partial charge in [0.2, 0.25) is 5.91 Å². The predicted octanol–water partition coefficient (Wildman–Crippen LogP) is 3.50. The van der Waals surface area contributed by atoms with Crippen LogP contribution in [-0.4, -0.2) is 12.5 Å². The van der Waals surface area contributed by atoms with E-state index in [-0.39, 0.29) is 11.8 Å². The van der Waals surface area contributed by atoms with Gasteiger partial charge in [0.1, 0.15) is 0 Å². The zero-order chi connectivity index (χ0) is 14.7. The highest BCUT2D eigenvalue weighted by molar-refractivity contribution is 5.78. The molecular formula is C16H28N2O. The molecule has 3 heteroatoms. The number of nitrogens with zero attached hydrogens (tertiary/aromatic N) is 1. The molecule has 1 saturated carbocycles. The van der Waals surface area contributed by atoms with E-state index in [0.717, 1.165) is 31.6 Å². The molecular weight excluding hydrogens is 236 g/mol. The van der Waals surface area contributed by atoms with Crippen LogP contribution in [0.25, 0.3) is 0 Å². The Bertz CT molecular complexity index is 352. The van der Waals surface area contributed by atoms with E-state index in [1.54, 1.807) is 0 Å². The summed E-state index contributed by atoms with van der Waals surface area (Å²) in [6.45, 7) is 11.0.